The van der Waals surface area contributed by atoms with Gasteiger partial charge in [0.05, 0.1) is 6.04 Å². The molecule has 19 heavy (non-hydrogen) atoms. The van der Waals surface area contributed by atoms with Crippen LogP contribution in [0.15, 0.2) is 0 Å². The Hall–Kier alpha value is -1.79. The van der Waals surface area contributed by atoms with Crippen molar-refractivity contribution < 1.29 is 19.1 Å². The van der Waals surface area contributed by atoms with Gasteiger partial charge in [-0.25, -0.2) is 4.79 Å². The van der Waals surface area contributed by atoms with E-state index in [1.807, 2.05) is 20.8 Å². The molecule has 0 unspecified atom stereocenters. The number of piperazine rings is 2. The maximum atomic E-state index is 11.9. The standard InChI is InChI=1S/C12H19N3O4/c1-12(2,3)19-11(18)14-4-5-15-8(7-14)6-13-9(16)10(15)17/h8H,4-7H2,1-3H3,(H,13,16)/t8-/m1/s1. The second-order valence-electron chi connectivity index (χ2n) is 5.79. The molecule has 0 saturated carbocycles. The van der Waals surface area contributed by atoms with Crippen molar-refractivity contribution in [2.24, 2.45) is 0 Å². The fraction of sp³-hybridized carbons (Fsp3) is 0.750. The average molecular weight is 269 g/mol. The number of fused-ring (bicyclic) bond motifs is 1. The zero-order valence-corrected chi connectivity index (χ0v) is 11.4. The fourth-order valence-corrected chi connectivity index (χ4v) is 2.21. The second kappa shape index (κ2) is 4.71. The molecule has 2 aliphatic rings. The molecule has 2 rings (SSSR count). The highest BCUT2D eigenvalue weighted by molar-refractivity contribution is 6.35. The van der Waals surface area contributed by atoms with Crippen LogP contribution in [0.4, 0.5) is 4.79 Å². The van der Waals surface area contributed by atoms with Crippen molar-refractivity contribution in [1.82, 2.24) is 15.1 Å². The average Bonchev–Trinajstić information content (AvgIpc) is 2.31. The summed E-state index contributed by atoms with van der Waals surface area (Å²) in [6.45, 7) is 6.97. The molecule has 7 nitrogen and oxygen atoms in total. The fourth-order valence-electron chi connectivity index (χ4n) is 2.21. The summed E-state index contributed by atoms with van der Waals surface area (Å²) in [6, 6.07) is -0.161. The van der Waals surface area contributed by atoms with Gasteiger partial charge in [0, 0.05) is 26.2 Å². The van der Waals surface area contributed by atoms with Crippen molar-refractivity contribution in [1.29, 1.82) is 0 Å². The van der Waals surface area contributed by atoms with Crippen LogP contribution in [0.2, 0.25) is 0 Å². The molecule has 0 bridgehead atoms. The first-order valence-corrected chi connectivity index (χ1v) is 6.34. The molecule has 0 spiro atoms. The summed E-state index contributed by atoms with van der Waals surface area (Å²) in [6.07, 6.45) is -0.378. The Morgan fingerprint density at radius 1 is 1.32 bits per heavy atom. The van der Waals surface area contributed by atoms with Crippen LogP contribution >= 0.6 is 0 Å². The minimum Gasteiger partial charge on any atom is -0.444 e. The lowest BCUT2D eigenvalue weighted by molar-refractivity contribution is -0.152. The van der Waals surface area contributed by atoms with E-state index in [0.717, 1.165) is 0 Å². The molecule has 0 aliphatic carbocycles. The molecule has 2 fully saturated rings. The van der Waals surface area contributed by atoms with E-state index in [1.54, 1.807) is 4.90 Å². The number of nitrogens with zero attached hydrogens (tertiary/aromatic N) is 2. The van der Waals surface area contributed by atoms with E-state index >= 15 is 0 Å². The third-order valence-corrected chi connectivity index (χ3v) is 3.09. The minimum absolute atomic E-state index is 0.161. The molecule has 106 valence electrons. The van der Waals surface area contributed by atoms with Gasteiger partial charge in [-0.1, -0.05) is 0 Å². The van der Waals surface area contributed by atoms with Gasteiger partial charge in [0.25, 0.3) is 0 Å². The Bertz CT molecular complexity index is 416. The topological polar surface area (TPSA) is 79.0 Å². The van der Waals surface area contributed by atoms with E-state index in [-0.39, 0.29) is 12.1 Å². The molecule has 7 heteroatoms. The van der Waals surface area contributed by atoms with Crippen molar-refractivity contribution in [3.05, 3.63) is 0 Å². The quantitative estimate of drug-likeness (QED) is 0.605. The first-order chi connectivity index (χ1) is 8.78. The van der Waals surface area contributed by atoms with Gasteiger partial charge in [-0.05, 0) is 20.8 Å². The summed E-state index contributed by atoms with van der Waals surface area (Å²) in [5.41, 5.74) is -0.537. The largest absolute Gasteiger partial charge is 0.444 e. The van der Waals surface area contributed by atoms with Gasteiger partial charge in [-0.3, -0.25) is 9.59 Å². The van der Waals surface area contributed by atoms with Crippen LogP contribution in [0.1, 0.15) is 20.8 Å². The monoisotopic (exact) mass is 269 g/mol. The zero-order valence-electron chi connectivity index (χ0n) is 11.4. The predicted molar refractivity (Wildman–Crippen MR) is 66.3 cm³/mol. The molecular weight excluding hydrogens is 250 g/mol. The third kappa shape index (κ3) is 2.97. The Balaban J connectivity index is 1.98. The van der Waals surface area contributed by atoms with Gasteiger partial charge >= 0.3 is 17.9 Å². The number of rotatable bonds is 0. The lowest BCUT2D eigenvalue weighted by Gasteiger charge is -2.43. The highest BCUT2D eigenvalue weighted by Gasteiger charge is 2.39. The smallest absolute Gasteiger partial charge is 0.410 e. The first-order valence-electron chi connectivity index (χ1n) is 6.34. The van der Waals surface area contributed by atoms with E-state index in [1.165, 1.54) is 4.90 Å². The number of nitrogens with one attached hydrogen (secondary N) is 1. The Morgan fingerprint density at radius 2 is 2.00 bits per heavy atom. The lowest BCUT2D eigenvalue weighted by atomic mass is 10.1. The molecule has 1 N–H and O–H groups in total. The Labute approximate surface area is 111 Å². The maximum absolute atomic E-state index is 11.9. The second-order valence-corrected chi connectivity index (χ2v) is 5.79. The van der Waals surface area contributed by atoms with Crippen LogP contribution in [0.3, 0.4) is 0 Å². The summed E-state index contributed by atoms with van der Waals surface area (Å²) < 4.78 is 5.30. The van der Waals surface area contributed by atoms with Crippen molar-refractivity contribution in [2.75, 3.05) is 26.2 Å². The van der Waals surface area contributed by atoms with Crippen LogP contribution in [-0.4, -0.2) is 65.5 Å². The summed E-state index contributed by atoms with van der Waals surface area (Å²) >= 11 is 0. The van der Waals surface area contributed by atoms with Crippen LogP contribution in [0.25, 0.3) is 0 Å². The van der Waals surface area contributed by atoms with Gasteiger partial charge in [-0.2, -0.15) is 0 Å². The summed E-state index contributed by atoms with van der Waals surface area (Å²) in [5, 5.41) is 2.53. The first kappa shape index (κ1) is 13.6. The summed E-state index contributed by atoms with van der Waals surface area (Å²) in [5.74, 6) is -1.08. The Morgan fingerprint density at radius 3 is 2.63 bits per heavy atom. The van der Waals surface area contributed by atoms with Crippen LogP contribution < -0.4 is 5.32 Å². The Kier molecular flexibility index (Phi) is 3.38. The third-order valence-electron chi connectivity index (χ3n) is 3.09. The molecule has 0 aromatic carbocycles. The van der Waals surface area contributed by atoms with Crippen molar-refractivity contribution >= 4 is 17.9 Å². The molecule has 2 aliphatic heterocycles. The van der Waals surface area contributed by atoms with Gasteiger partial charge in [0.15, 0.2) is 0 Å². The number of carbonyl (C=O) groups is 3. The van der Waals surface area contributed by atoms with E-state index < -0.39 is 17.4 Å². The van der Waals surface area contributed by atoms with Crippen LogP contribution in [0.5, 0.6) is 0 Å². The van der Waals surface area contributed by atoms with Crippen LogP contribution in [0, 0.1) is 0 Å². The van der Waals surface area contributed by atoms with Crippen molar-refractivity contribution in [3.8, 4) is 0 Å². The summed E-state index contributed by atoms with van der Waals surface area (Å²) in [4.78, 5) is 37.9. The number of hydrogen-bond donors (Lipinski definition) is 1. The van der Waals surface area contributed by atoms with E-state index in [9.17, 15) is 14.4 Å². The van der Waals surface area contributed by atoms with E-state index in [4.69, 9.17) is 4.74 Å². The molecule has 0 aromatic heterocycles. The van der Waals surface area contributed by atoms with Crippen molar-refractivity contribution in [3.63, 3.8) is 0 Å². The van der Waals surface area contributed by atoms with Gasteiger partial charge < -0.3 is 19.9 Å². The molecule has 0 radical (unpaired) electrons. The van der Waals surface area contributed by atoms with Crippen LogP contribution in [-0.2, 0) is 14.3 Å². The zero-order chi connectivity index (χ0) is 14.2. The number of hydrogen-bond acceptors (Lipinski definition) is 4. The minimum atomic E-state index is -0.568. The number of ether oxygens (including phenoxy) is 1. The van der Waals surface area contributed by atoms with Gasteiger partial charge in [0.2, 0.25) is 0 Å². The van der Waals surface area contributed by atoms with E-state index in [0.29, 0.717) is 26.2 Å². The molecule has 1 atom stereocenters. The van der Waals surface area contributed by atoms with Crippen molar-refractivity contribution in [2.45, 2.75) is 32.4 Å². The molecule has 3 amide bonds. The highest BCUT2D eigenvalue weighted by atomic mass is 16.6. The maximum Gasteiger partial charge on any atom is 0.410 e. The summed E-state index contributed by atoms with van der Waals surface area (Å²) in [7, 11) is 0. The van der Waals surface area contributed by atoms with Gasteiger partial charge in [0.1, 0.15) is 5.60 Å². The van der Waals surface area contributed by atoms with Gasteiger partial charge in [-0.15, -0.1) is 0 Å². The molecular formula is C12H19N3O4. The highest BCUT2D eigenvalue weighted by Crippen LogP contribution is 2.16. The molecule has 2 heterocycles. The van der Waals surface area contributed by atoms with E-state index in [2.05, 4.69) is 5.32 Å². The number of amides is 3. The normalized spacial score (nSPS) is 23.8. The molecule has 0 aromatic rings. The SMILES string of the molecule is CC(C)(C)OC(=O)N1CCN2C(=O)C(=O)NC[C@@H]2C1. The lowest BCUT2D eigenvalue weighted by Crippen LogP contribution is -2.66. The predicted octanol–water partition coefficient (Wildman–Crippen LogP) is -0.436. The molecule has 2 saturated heterocycles. The number of carbonyl (C=O) groups excluding carboxylic acids is 3.